The molecule has 1 fully saturated rings. The van der Waals surface area contributed by atoms with Gasteiger partial charge in [-0.2, -0.15) is 0 Å². The Hall–Kier alpha value is -2.96. The zero-order valence-electron chi connectivity index (χ0n) is 19.7. The maximum Gasteiger partial charge on any atom is 0.332 e. The van der Waals surface area contributed by atoms with Gasteiger partial charge in [-0.3, -0.25) is 4.90 Å². The molecular weight excluding hydrogens is 466 g/mol. The van der Waals surface area contributed by atoms with Gasteiger partial charge in [0.15, 0.2) is 0 Å². The van der Waals surface area contributed by atoms with Gasteiger partial charge in [-0.15, -0.1) is 0 Å². The van der Waals surface area contributed by atoms with Crippen LogP contribution in [-0.4, -0.2) is 48.3 Å². The van der Waals surface area contributed by atoms with E-state index < -0.39 is 5.97 Å². The molecule has 2 heterocycles. The Kier molecular flexibility index (Phi) is 7.30. The summed E-state index contributed by atoms with van der Waals surface area (Å²) in [5.41, 5.74) is 3.58. The quantitative estimate of drug-likeness (QED) is 0.504. The van der Waals surface area contributed by atoms with E-state index in [-0.39, 0.29) is 6.10 Å². The van der Waals surface area contributed by atoms with Crippen LogP contribution in [0.2, 0.25) is 5.02 Å². The van der Waals surface area contributed by atoms with Crippen molar-refractivity contribution < 1.29 is 24.1 Å². The molecule has 0 spiro atoms. The first-order valence-corrected chi connectivity index (χ1v) is 12.6. The van der Waals surface area contributed by atoms with E-state index in [1.54, 1.807) is 0 Å². The fraction of sp³-hybridized carbons (Fsp3) is 0.393. The average Bonchev–Trinajstić information content (AvgIpc) is 3.37. The van der Waals surface area contributed by atoms with Gasteiger partial charge in [-0.05, 0) is 73.6 Å². The topological polar surface area (TPSA) is 68.2 Å². The number of halogens is 1. The molecule has 2 aromatic rings. The Balaban J connectivity index is 1.17. The molecule has 1 aliphatic carbocycles. The number of ether oxygens (including phenoxy) is 3. The molecule has 184 valence electrons. The number of benzene rings is 2. The monoisotopic (exact) mass is 495 g/mol. The van der Waals surface area contributed by atoms with Crippen molar-refractivity contribution in [2.24, 2.45) is 0 Å². The van der Waals surface area contributed by atoms with Gasteiger partial charge in [0.2, 0.25) is 0 Å². The SMILES string of the molecule is O=C(O)C1=CCCN(CC2=Cc3ccc(OCc4ccc(OC5CCCC5)c(Cl)c4)cc3OC2)C1. The maximum atomic E-state index is 11.3. The molecule has 1 saturated carbocycles. The third kappa shape index (κ3) is 6.00. The minimum absolute atomic E-state index is 0.276. The smallest absolute Gasteiger partial charge is 0.332 e. The van der Waals surface area contributed by atoms with Gasteiger partial charge in [0.1, 0.15) is 30.5 Å². The predicted octanol–water partition coefficient (Wildman–Crippen LogP) is 5.73. The van der Waals surface area contributed by atoms with Crippen molar-refractivity contribution in [3.8, 4) is 17.2 Å². The molecule has 1 N–H and O–H groups in total. The van der Waals surface area contributed by atoms with Crippen molar-refractivity contribution in [1.29, 1.82) is 0 Å². The highest BCUT2D eigenvalue weighted by Crippen LogP contribution is 2.33. The third-order valence-electron chi connectivity index (χ3n) is 6.69. The lowest BCUT2D eigenvalue weighted by molar-refractivity contribution is -0.133. The fourth-order valence-corrected chi connectivity index (χ4v) is 5.08. The van der Waals surface area contributed by atoms with Gasteiger partial charge in [0.25, 0.3) is 0 Å². The highest BCUT2D eigenvalue weighted by molar-refractivity contribution is 6.32. The Morgan fingerprint density at radius 1 is 1.17 bits per heavy atom. The molecule has 0 atom stereocenters. The number of carboxylic acids is 1. The number of nitrogens with zero attached hydrogens (tertiary/aromatic N) is 1. The lowest BCUT2D eigenvalue weighted by Gasteiger charge is -2.28. The minimum Gasteiger partial charge on any atom is -0.489 e. The standard InChI is InChI=1S/C28H30ClNO5/c29-25-13-19(7-10-26(25)35-23-5-1-2-6-23)17-33-24-9-8-21-12-20(18-34-27(21)14-24)15-30-11-3-4-22(16-30)28(31)32/h4,7-10,12-14,23H,1-3,5-6,11,15-18H2,(H,31,32). The molecule has 0 unspecified atom stereocenters. The summed E-state index contributed by atoms with van der Waals surface area (Å²) in [7, 11) is 0. The van der Waals surface area contributed by atoms with E-state index in [1.807, 2.05) is 42.5 Å². The summed E-state index contributed by atoms with van der Waals surface area (Å²) in [6, 6.07) is 11.7. The van der Waals surface area contributed by atoms with Crippen LogP contribution in [0.15, 0.2) is 53.6 Å². The summed E-state index contributed by atoms with van der Waals surface area (Å²) in [5, 5.41) is 9.87. The van der Waals surface area contributed by atoms with Gasteiger partial charge in [-0.1, -0.05) is 23.7 Å². The highest BCUT2D eigenvalue weighted by atomic mass is 35.5. The highest BCUT2D eigenvalue weighted by Gasteiger charge is 2.21. The largest absolute Gasteiger partial charge is 0.489 e. The van der Waals surface area contributed by atoms with E-state index in [0.717, 1.165) is 59.8 Å². The molecule has 0 saturated heterocycles. The van der Waals surface area contributed by atoms with E-state index >= 15 is 0 Å². The second kappa shape index (κ2) is 10.8. The number of carbonyl (C=O) groups is 1. The Bertz CT molecular complexity index is 1150. The minimum atomic E-state index is -0.836. The molecule has 7 heteroatoms. The number of aliphatic carboxylic acids is 1. The Labute approximate surface area is 210 Å². The van der Waals surface area contributed by atoms with Crippen LogP contribution in [0, 0.1) is 0 Å². The molecule has 2 aliphatic heterocycles. The van der Waals surface area contributed by atoms with Gasteiger partial charge >= 0.3 is 5.97 Å². The third-order valence-corrected chi connectivity index (χ3v) is 6.98. The van der Waals surface area contributed by atoms with Crippen LogP contribution in [0.4, 0.5) is 0 Å². The van der Waals surface area contributed by atoms with Crippen LogP contribution in [0.1, 0.15) is 43.2 Å². The Morgan fingerprint density at radius 2 is 2.03 bits per heavy atom. The summed E-state index contributed by atoms with van der Waals surface area (Å²) < 4.78 is 18.0. The molecule has 0 bridgehead atoms. The summed E-state index contributed by atoms with van der Waals surface area (Å²) >= 11 is 6.45. The molecule has 35 heavy (non-hydrogen) atoms. The first-order valence-electron chi connectivity index (χ1n) is 12.2. The van der Waals surface area contributed by atoms with Crippen molar-refractivity contribution in [3.63, 3.8) is 0 Å². The van der Waals surface area contributed by atoms with Gasteiger partial charge < -0.3 is 19.3 Å². The van der Waals surface area contributed by atoms with Crippen LogP contribution in [0.3, 0.4) is 0 Å². The molecule has 2 aromatic carbocycles. The molecule has 0 aromatic heterocycles. The fourth-order valence-electron chi connectivity index (χ4n) is 4.84. The number of hydrogen-bond acceptors (Lipinski definition) is 5. The lowest BCUT2D eigenvalue weighted by atomic mass is 10.0. The normalized spacial score (nSPS) is 18.3. The first-order chi connectivity index (χ1) is 17.0. The van der Waals surface area contributed by atoms with Crippen molar-refractivity contribution in [3.05, 3.63) is 69.8 Å². The van der Waals surface area contributed by atoms with Crippen LogP contribution in [0.25, 0.3) is 6.08 Å². The zero-order chi connectivity index (χ0) is 24.2. The van der Waals surface area contributed by atoms with Crippen LogP contribution in [-0.2, 0) is 11.4 Å². The molecule has 5 rings (SSSR count). The lowest BCUT2D eigenvalue weighted by Crippen LogP contribution is -2.34. The van der Waals surface area contributed by atoms with E-state index in [0.29, 0.717) is 36.9 Å². The first kappa shape index (κ1) is 23.8. The summed E-state index contributed by atoms with van der Waals surface area (Å²) in [6.07, 6.45) is 9.61. The number of fused-ring (bicyclic) bond motifs is 1. The summed E-state index contributed by atoms with van der Waals surface area (Å²) in [5.74, 6) is 1.42. The summed E-state index contributed by atoms with van der Waals surface area (Å²) in [4.78, 5) is 13.4. The molecule has 6 nitrogen and oxygen atoms in total. The van der Waals surface area contributed by atoms with Crippen LogP contribution >= 0.6 is 11.6 Å². The second-order valence-electron chi connectivity index (χ2n) is 9.40. The maximum absolute atomic E-state index is 11.3. The molecular formula is C28H30ClNO5. The average molecular weight is 496 g/mol. The zero-order valence-corrected chi connectivity index (χ0v) is 20.4. The van der Waals surface area contributed by atoms with Crippen molar-refractivity contribution in [2.45, 2.75) is 44.8 Å². The number of hydrogen-bond donors (Lipinski definition) is 1. The second-order valence-corrected chi connectivity index (χ2v) is 9.81. The van der Waals surface area contributed by atoms with Gasteiger partial charge in [-0.25, -0.2) is 4.79 Å². The van der Waals surface area contributed by atoms with E-state index in [1.165, 1.54) is 12.8 Å². The van der Waals surface area contributed by atoms with Crippen LogP contribution in [0.5, 0.6) is 17.2 Å². The predicted molar refractivity (Wildman–Crippen MR) is 135 cm³/mol. The molecule has 3 aliphatic rings. The van der Waals surface area contributed by atoms with Gasteiger partial charge in [0.05, 0.1) is 11.1 Å². The van der Waals surface area contributed by atoms with E-state index in [4.69, 9.17) is 25.8 Å². The van der Waals surface area contributed by atoms with Crippen LogP contribution < -0.4 is 14.2 Å². The van der Waals surface area contributed by atoms with Crippen molar-refractivity contribution in [2.75, 3.05) is 26.2 Å². The van der Waals surface area contributed by atoms with Gasteiger partial charge in [0, 0.05) is 36.8 Å². The number of rotatable bonds is 8. The molecule has 0 amide bonds. The van der Waals surface area contributed by atoms with E-state index in [9.17, 15) is 9.90 Å². The Morgan fingerprint density at radius 3 is 2.83 bits per heavy atom. The summed E-state index contributed by atoms with van der Waals surface area (Å²) in [6.45, 7) is 2.90. The molecule has 0 radical (unpaired) electrons. The van der Waals surface area contributed by atoms with E-state index in [2.05, 4.69) is 11.0 Å². The number of carboxylic acid groups (broad SMARTS) is 1. The van der Waals surface area contributed by atoms with Crippen molar-refractivity contribution >= 4 is 23.6 Å². The van der Waals surface area contributed by atoms with Crippen molar-refractivity contribution in [1.82, 2.24) is 4.90 Å².